The molecule has 0 saturated carbocycles. The Hall–Kier alpha value is -3.65. The maximum absolute atomic E-state index is 12.6. The second-order valence-corrected chi connectivity index (χ2v) is 9.12. The molecule has 1 saturated heterocycles. The van der Waals surface area contributed by atoms with E-state index in [1.807, 2.05) is 29.2 Å². The van der Waals surface area contributed by atoms with Crippen molar-refractivity contribution in [1.29, 1.82) is 0 Å². The number of nitro benzene ring substituents is 1. The summed E-state index contributed by atoms with van der Waals surface area (Å²) in [5, 5.41) is 13.4. The third-order valence-corrected chi connectivity index (χ3v) is 6.71. The normalized spacial score (nSPS) is 15.7. The molecule has 0 bridgehead atoms. The Morgan fingerprint density at radius 1 is 1.03 bits per heavy atom. The number of amides is 2. The van der Waals surface area contributed by atoms with Crippen LogP contribution in [-0.2, 0) is 4.79 Å². The first-order valence-corrected chi connectivity index (χ1v) is 11.6. The molecule has 3 aromatic rings. The van der Waals surface area contributed by atoms with Gasteiger partial charge in [-0.2, -0.15) is 0 Å². The molecule has 8 heteroatoms. The van der Waals surface area contributed by atoms with Gasteiger partial charge in [0.05, 0.1) is 10.7 Å². The fourth-order valence-corrected chi connectivity index (χ4v) is 4.82. The number of carbonyl (C=O) groups is 2. The van der Waals surface area contributed by atoms with Crippen molar-refractivity contribution in [3.8, 4) is 0 Å². The molecule has 0 aromatic heterocycles. The Labute approximate surface area is 196 Å². The smallest absolute Gasteiger partial charge is 0.269 e. The molecular formula is C25H23N3O4S. The number of benzene rings is 3. The molecule has 0 spiro atoms. The summed E-state index contributed by atoms with van der Waals surface area (Å²) >= 11 is 1.57. The Bertz CT molecular complexity index is 1180. The highest BCUT2D eigenvalue weighted by atomic mass is 32.2. The number of hydrogen-bond acceptors (Lipinski definition) is 5. The average Bonchev–Trinajstić information content (AvgIpc) is 3.21. The summed E-state index contributed by atoms with van der Waals surface area (Å²) in [5.74, 6) is 0.551. The monoisotopic (exact) mass is 461 g/mol. The van der Waals surface area contributed by atoms with Crippen LogP contribution in [0.25, 0.3) is 0 Å². The summed E-state index contributed by atoms with van der Waals surface area (Å²) in [6.45, 7) is 4.27. The van der Waals surface area contributed by atoms with Crippen molar-refractivity contribution in [3.05, 3.63) is 99.6 Å². The van der Waals surface area contributed by atoms with Crippen LogP contribution in [0.4, 0.5) is 17.1 Å². The fourth-order valence-electron chi connectivity index (χ4n) is 3.64. The van der Waals surface area contributed by atoms with Gasteiger partial charge in [-0.15, -0.1) is 11.8 Å². The van der Waals surface area contributed by atoms with Crippen molar-refractivity contribution >= 4 is 40.6 Å². The molecular weight excluding hydrogens is 438 g/mol. The topological polar surface area (TPSA) is 92.6 Å². The lowest BCUT2D eigenvalue weighted by molar-refractivity contribution is -0.384. The standard InChI is InChI=1S/C25H23N3O4S/c1-16(2)17-5-11-21(12-6-17)27-23(29)15-33-25(27)19-3-9-20(10-4-19)26-24(30)18-7-13-22(14-8-18)28(31)32/h3-14,16,25H,15H2,1-2H3,(H,26,30). The van der Waals surface area contributed by atoms with E-state index in [1.54, 1.807) is 23.9 Å². The zero-order chi connectivity index (χ0) is 23.5. The fraction of sp³-hybridized carbons (Fsp3) is 0.200. The van der Waals surface area contributed by atoms with Crippen molar-refractivity contribution in [2.45, 2.75) is 25.1 Å². The van der Waals surface area contributed by atoms with E-state index in [0.29, 0.717) is 22.9 Å². The number of nitrogens with zero attached hydrogens (tertiary/aromatic N) is 2. The van der Waals surface area contributed by atoms with Gasteiger partial charge in [-0.1, -0.05) is 38.1 Å². The number of anilines is 2. The second-order valence-electron chi connectivity index (χ2n) is 8.05. The van der Waals surface area contributed by atoms with E-state index in [2.05, 4.69) is 31.3 Å². The maximum Gasteiger partial charge on any atom is 0.269 e. The summed E-state index contributed by atoms with van der Waals surface area (Å²) in [7, 11) is 0. The molecule has 1 aliphatic rings. The van der Waals surface area contributed by atoms with Gasteiger partial charge in [0.15, 0.2) is 0 Å². The molecule has 0 aliphatic carbocycles. The molecule has 1 heterocycles. The summed E-state index contributed by atoms with van der Waals surface area (Å²) in [4.78, 5) is 37.2. The molecule has 3 aromatic carbocycles. The highest BCUT2D eigenvalue weighted by molar-refractivity contribution is 8.00. The molecule has 168 valence electrons. The number of nitrogens with one attached hydrogen (secondary N) is 1. The first-order valence-electron chi connectivity index (χ1n) is 10.5. The van der Waals surface area contributed by atoms with Gasteiger partial charge in [-0.3, -0.25) is 24.6 Å². The van der Waals surface area contributed by atoms with Crippen LogP contribution in [0.15, 0.2) is 72.8 Å². The maximum atomic E-state index is 12.6. The highest BCUT2D eigenvalue weighted by Crippen LogP contribution is 2.42. The van der Waals surface area contributed by atoms with Gasteiger partial charge in [-0.25, -0.2) is 0 Å². The number of thioether (sulfide) groups is 1. The van der Waals surface area contributed by atoms with Gasteiger partial charge in [0.25, 0.3) is 11.6 Å². The van der Waals surface area contributed by atoms with Crippen LogP contribution in [0.5, 0.6) is 0 Å². The summed E-state index contributed by atoms with van der Waals surface area (Å²) in [6.07, 6.45) is 0. The van der Waals surface area contributed by atoms with E-state index in [4.69, 9.17) is 0 Å². The summed E-state index contributed by atoms with van der Waals surface area (Å²) < 4.78 is 0. The zero-order valence-corrected chi connectivity index (χ0v) is 19.0. The number of carbonyl (C=O) groups excluding carboxylic acids is 2. The Morgan fingerprint density at radius 2 is 1.67 bits per heavy atom. The number of hydrogen-bond donors (Lipinski definition) is 1. The van der Waals surface area contributed by atoms with Gasteiger partial charge in [0, 0.05) is 29.1 Å². The molecule has 33 heavy (non-hydrogen) atoms. The van der Waals surface area contributed by atoms with E-state index in [9.17, 15) is 19.7 Å². The van der Waals surface area contributed by atoms with Crippen LogP contribution >= 0.6 is 11.8 Å². The van der Waals surface area contributed by atoms with E-state index in [1.165, 1.54) is 29.8 Å². The Morgan fingerprint density at radius 3 is 2.24 bits per heavy atom. The molecule has 4 rings (SSSR count). The van der Waals surface area contributed by atoms with E-state index in [-0.39, 0.29) is 22.9 Å². The molecule has 1 atom stereocenters. The quantitative estimate of drug-likeness (QED) is 0.373. The lowest BCUT2D eigenvalue weighted by Crippen LogP contribution is -2.27. The minimum atomic E-state index is -0.506. The van der Waals surface area contributed by atoms with Crippen LogP contribution in [-0.4, -0.2) is 22.5 Å². The SMILES string of the molecule is CC(C)c1ccc(N2C(=O)CSC2c2ccc(NC(=O)c3ccc([N+](=O)[O-])cc3)cc2)cc1. The predicted molar refractivity (Wildman–Crippen MR) is 131 cm³/mol. The minimum absolute atomic E-state index is 0.0667. The first-order chi connectivity index (χ1) is 15.8. The molecule has 0 radical (unpaired) electrons. The van der Waals surface area contributed by atoms with Gasteiger partial charge < -0.3 is 5.32 Å². The van der Waals surface area contributed by atoms with Crippen LogP contribution in [0.1, 0.15) is 46.6 Å². The van der Waals surface area contributed by atoms with Crippen LogP contribution in [0.2, 0.25) is 0 Å². The number of nitro groups is 1. The van der Waals surface area contributed by atoms with Gasteiger partial charge in [0.2, 0.25) is 5.91 Å². The first kappa shape index (κ1) is 22.5. The van der Waals surface area contributed by atoms with Crippen molar-refractivity contribution in [2.24, 2.45) is 0 Å². The van der Waals surface area contributed by atoms with Crippen LogP contribution in [0.3, 0.4) is 0 Å². The highest BCUT2D eigenvalue weighted by Gasteiger charge is 2.34. The van der Waals surface area contributed by atoms with Gasteiger partial charge in [-0.05, 0) is 53.4 Å². The van der Waals surface area contributed by atoms with E-state index < -0.39 is 4.92 Å². The van der Waals surface area contributed by atoms with Crippen molar-refractivity contribution < 1.29 is 14.5 Å². The molecule has 2 amide bonds. The Balaban J connectivity index is 1.48. The zero-order valence-electron chi connectivity index (χ0n) is 18.2. The molecule has 1 N–H and O–H groups in total. The minimum Gasteiger partial charge on any atom is -0.322 e. The largest absolute Gasteiger partial charge is 0.322 e. The number of non-ortho nitro benzene ring substituents is 1. The van der Waals surface area contributed by atoms with E-state index >= 15 is 0 Å². The van der Waals surface area contributed by atoms with Crippen molar-refractivity contribution in [1.82, 2.24) is 0 Å². The molecule has 7 nitrogen and oxygen atoms in total. The second kappa shape index (κ2) is 9.46. The van der Waals surface area contributed by atoms with Crippen molar-refractivity contribution in [2.75, 3.05) is 16.0 Å². The molecule has 1 fully saturated rings. The third-order valence-electron chi connectivity index (χ3n) is 5.50. The third kappa shape index (κ3) is 4.90. The summed E-state index contributed by atoms with van der Waals surface area (Å²) in [6, 6.07) is 20.9. The van der Waals surface area contributed by atoms with Crippen molar-refractivity contribution in [3.63, 3.8) is 0 Å². The number of rotatable bonds is 6. The predicted octanol–water partition coefficient (Wildman–Crippen LogP) is 5.75. The lowest BCUT2D eigenvalue weighted by Gasteiger charge is -2.25. The van der Waals surface area contributed by atoms with Gasteiger partial charge in [0.1, 0.15) is 5.37 Å². The Kier molecular flexibility index (Phi) is 6.46. The molecule has 1 unspecified atom stereocenters. The lowest BCUT2D eigenvalue weighted by atomic mass is 10.0. The molecule has 1 aliphatic heterocycles. The summed E-state index contributed by atoms with van der Waals surface area (Å²) in [5.41, 5.74) is 3.93. The van der Waals surface area contributed by atoms with Crippen LogP contribution < -0.4 is 10.2 Å². The van der Waals surface area contributed by atoms with Gasteiger partial charge >= 0.3 is 0 Å². The van der Waals surface area contributed by atoms with E-state index in [0.717, 1.165) is 11.3 Å². The average molecular weight is 462 g/mol. The van der Waals surface area contributed by atoms with Crippen LogP contribution in [0, 0.1) is 10.1 Å².